The molecule has 25 heavy (non-hydrogen) atoms. The van der Waals surface area contributed by atoms with E-state index in [1.54, 1.807) is 12.3 Å². The Kier molecular flexibility index (Phi) is 5.53. The van der Waals surface area contributed by atoms with E-state index in [1.165, 1.54) is 12.1 Å². The Bertz CT molecular complexity index is 705. The van der Waals surface area contributed by atoms with Crippen LogP contribution in [-0.4, -0.2) is 29.0 Å². The van der Waals surface area contributed by atoms with E-state index < -0.39 is 0 Å². The molecule has 0 unspecified atom stereocenters. The fourth-order valence-electron chi connectivity index (χ4n) is 2.96. The van der Waals surface area contributed by atoms with Gasteiger partial charge in [0.05, 0.1) is 12.6 Å². The van der Waals surface area contributed by atoms with Gasteiger partial charge in [-0.15, -0.1) is 0 Å². The first-order chi connectivity index (χ1) is 12.1. The number of fused-ring (bicyclic) bond motifs is 1. The summed E-state index contributed by atoms with van der Waals surface area (Å²) in [6.45, 7) is 3.87. The number of amides is 2. The highest BCUT2D eigenvalue weighted by Gasteiger charge is 2.22. The molecule has 1 aliphatic heterocycles. The number of nitrogens with zero attached hydrogens (tertiary/aromatic N) is 2. The zero-order chi connectivity index (χ0) is 17.6. The van der Waals surface area contributed by atoms with Crippen LogP contribution in [0.2, 0.25) is 0 Å². The molecule has 1 aliphatic rings. The highest BCUT2D eigenvalue weighted by molar-refractivity contribution is 5.74. The molecule has 7 heteroatoms. The van der Waals surface area contributed by atoms with E-state index in [-0.39, 0.29) is 23.8 Å². The van der Waals surface area contributed by atoms with Crippen LogP contribution in [0.25, 0.3) is 0 Å². The third-order valence-corrected chi connectivity index (χ3v) is 4.22. The molecule has 0 saturated heterocycles. The Morgan fingerprint density at radius 2 is 2.40 bits per heavy atom. The minimum atomic E-state index is -0.337. The van der Waals surface area contributed by atoms with Crippen LogP contribution in [0.3, 0.4) is 0 Å². The molecule has 0 spiro atoms. The van der Waals surface area contributed by atoms with Crippen molar-refractivity contribution in [1.82, 2.24) is 20.4 Å². The molecule has 2 N–H and O–H groups in total. The third kappa shape index (κ3) is 4.71. The van der Waals surface area contributed by atoms with Crippen molar-refractivity contribution in [3.05, 3.63) is 48.0 Å². The summed E-state index contributed by atoms with van der Waals surface area (Å²) in [5, 5.41) is 10.0. The second-order valence-corrected chi connectivity index (χ2v) is 6.41. The molecule has 0 radical (unpaired) electrons. The van der Waals surface area contributed by atoms with Crippen molar-refractivity contribution >= 4 is 6.03 Å². The van der Waals surface area contributed by atoms with Crippen molar-refractivity contribution in [2.45, 2.75) is 32.4 Å². The molecule has 2 heterocycles. The highest BCUT2D eigenvalue weighted by atomic mass is 19.1. The lowest BCUT2D eigenvalue weighted by atomic mass is 10.0. The fourth-order valence-corrected chi connectivity index (χ4v) is 2.96. The standard InChI is InChI=1S/C18H23FN4O2/c1-13(12-23-8-3-7-21-23)11-20-18(24)22-16-4-2-9-25-17-10-14(19)5-6-15(16)17/h3,5-8,10,13,16H,2,4,9,11-12H2,1H3,(H2,20,22,24)/t13-,16-/m1/s1. The normalized spacial score (nSPS) is 17.8. The number of rotatable bonds is 5. The van der Waals surface area contributed by atoms with Crippen LogP contribution in [0.5, 0.6) is 5.75 Å². The van der Waals surface area contributed by atoms with E-state index in [0.29, 0.717) is 18.9 Å². The zero-order valence-corrected chi connectivity index (χ0v) is 14.2. The highest BCUT2D eigenvalue weighted by Crippen LogP contribution is 2.31. The maximum absolute atomic E-state index is 13.4. The Hall–Kier alpha value is -2.57. The van der Waals surface area contributed by atoms with Gasteiger partial charge in [-0.05, 0) is 30.9 Å². The third-order valence-electron chi connectivity index (χ3n) is 4.22. The van der Waals surface area contributed by atoms with E-state index in [2.05, 4.69) is 22.7 Å². The summed E-state index contributed by atoms with van der Waals surface area (Å²) >= 11 is 0. The van der Waals surface area contributed by atoms with Crippen LogP contribution >= 0.6 is 0 Å². The van der Waals surface area contributed by atoms with Gasteiger partial charge in [0.15, 0.2) is 0 Å². The largest absolute Gasteiger partial charge is 0.493 e. The molecule has 6 nitrogen and oxygen atoms in total. The molecule has 3 rings (SSSR count). The number of nitrogens with one attached hydrogen (secondary N) is 2. The van der Waals surface area contributed by atoms with Gasteiger partial charge >= 0.3 is 6.03 Å². The van der Waals surface area contributed by atoms with Crippen molar-refractivity contribution in [3.63, 3.8) is 0 Å². The minimum Gasteiger partial charge on any atom is -0.493 e. The number of benzene rings is 1. The Morgan fingerprint density at radius 3 is 3.20 bits per heavy atom. The molecule has 0 bridgehead atoms. The summed E-state index contributed by atoms with van der Waals surface area (Å²) < 4.78 is 20.8. The SMILES string of the molecule is C[C@H](CNC(=O)N[C@@H]1CCCOc2cc(F)ccc21)Cn1cccn1. The Balaban J connectivity index is 1.54. The van der Waals surface area contributed by atoms with Crippen molar-refractivity contribution in [1.29, 1.82) is 0 Å². The molecule has 2 atom stereocenters. The first-order valence-corrected chi connectivity index (χ1v) is 8.56. The van der Waals surface area contributed by atoms with Crippen molar-refractivity contribution in [2.75, 3.05) is 13.2 Å². The van der Waals surface area contributed by atoms with Gasteiger partial charge in [-0.2, -0.15) is 5.10 Å². The van der Waals surface area contributed by atoms with E-state index in [0.717, 1.165) is 24.9 Å². The lowest BCUT2D eigenvalue weighted by Crippen LogP contribution is -2.40. The summed E-state index contributed by atoms with van der Waals surface area (Å²) in [4.78, 5) is 12.2. The average Bonchev–Trinajstić information content (AvgIpc) is 3.01. The van der Waals surface area contributed by atoms with Gasteiger partial charge in [-0.25, -0.2) is 9.18 Å². The van der Waals surface area contributed by atoms with Gasteiger partial charge in [0, 0.05) is 37.1 Å². The maximum atomic E-state index is 13.4. The van der Waals surface area contributed by atoms with Crippen molar-refractivity contribution in [2.24, 2.45) is 5.92 Å². The maximum Gasteiger partial charge on any atom is 0.315 e. The van der Waals surface area contributed by atoms with Crippen molar-refractivity contribution in [3.8, 4) is 5.75 Å². The minimum absolute atomic E-state index is 0.181. The predicted octanol–water partition coefficient (Wildman–Crippen LogP) is 2.87. The summed E-state index contributed by atoms with van der Waals surface area (Å²) in [6, 6.07) is 5.92. The van der Waals surface area contributed by atoms with Crippen LogP contribution in [0.15, 0.2) is 36.7 Å². The van der Waals surface area contributed by atoms with E-state index >= 15 is 0 Å². The summed E-state index contributed by atoms with van der Waals surface area (Å²) in [5.41, 5.74) is 0.818. The lowest BCUT2D eigenvalue weighted by Gasteiger charge is -2.20. The van der Waals surface area contributed by atoms with Crippen LogP contribution in [-0.2, 0) is 6.54 Å². The molecule has 2 amide bonds. The smallest absolute Gasteiger partial charge is 0.315 e. The first-order valence-electron chi connectivity index (χ1n) is 8.56. The van der Waals surface area contributed by atoms with Crippen LogP contribution in [0, 0.1) is 11.7 Å². The van der Waals surface area contributed by atoms with Gasteiger partial charge in [0.25, 0.3) is 0 Å². The second kappa shape index (κ2) is 8.00. The first kappa shape index (κ1) is 17.3. The quantitative estimate of drug-likeness (QED) is 0.875. The number of aromatic nitrogens is 2. The molecular weight excluding hydrogens is 323 g/mol. The van der Waals surface area contributed by atoms with Gasteiger partial charge in [0.1, 0.15) is 11.6 Å². The topological polar surface area (TPSA) is 68.2 Å². The molecular formula is C18H23FN4O2. The van der Waals surface area contributed by atoms with Gasteiger partial charge in [-0.1, -0.05) is 13.0 Å². The molecule has 134 valence electrons. The number of hydrogen-bond acceptors (Lipinski definition) is 3. The molecule has 1 aromatic heterocycles. The fraction of sp³-hybridized carbons (Fsp3) is 0.444. The summed E-state index contributed by atoms with van der Waals surface area (Å²) in [7, 11) is 0. The lowest BCUT2D eigenvalue weighted by molar-refractivity contribution is 0.233. The predicted molar refractivity (Wildman–Crippen MR) is 91.8 cm³/mol. The number of carbonyl (C=O) groups excluding carboxylic acids is 1. The monoisotopic (exact) mass is 346 g/mol. The van der Waals surface area contributed by atoms with Gasteiger partial charge < -0.3 is 15.4 Å². The van der Waals surface area contributed by atoms with Crippen molar-refractivity contribution < 1.29 is 13.9 Å². The summed E-state index contributed by atoms with van der Waals surface area (Å²) in [6.07, 6.45) is 5.20. The molecule has 0 saturated carbocycles. The number of halogens is 1. The molecule has 2 aromatic rings. The summed E-state index contributed by atoms with van der Waals surface area (Å²) in [5.74, 6) is 0.427. The van der Waals surface area contributed by atoms with E-state index in [4.69, 9.17) is 4.74 Å². The van der Waals surface area contributed by atoms with Gasteiger partial charge in [-0.3, -0.25) is 4.68 Å². The number of ether oxygens (including phenoxy) is 1. The number of carbonyl (C=O) groups is 1. The number of hydrogen-bond donors (Lipinski definition) is 2. The van der Waals surface area contributed by atoms with E-state index in [1.807, 2.05) is 16.9 Å². The molecule has 0 fully saturated rings. The molecule has 1 aromatic carbocycles. The zero-order valence-electron chi connectivity index (χ0n) is 14.2. The Labute approximate surface area is 146 Å². The van der Waals surface area contributed by atoms with E-state index in [9.17, 15) is 9.18 Å². The Morgan fingerprint density at radius 1 is 1.52 bits per heavy atom. The van der Waals surface area contributed by atoms with Crippen LogP contribution in [0.4, 0.5) is 9.18 Å². The number of urea groups is 1. The van der Waals surface area contributed by atoms with Crippen LogP contribution < -0.4 is 15.4 Å². The van der Waals surface area contributed by atoms with Gasteiger partial charge in [0.2, 0.25) is 0 Å². The molecule has 0 aliphatic carbocycles. The second-order valence-electron chi connectivity index (χ2n) is 6.41. The van der Waals surface area contributed by atoms with Crippen LogP contribution in [0.1, 0.15) is 31.4 Å². The average molecular weight is 346 g/mol.